The maximum atomic E-state index is 11.4. The van der Waals surface area contributed by atoms with Crippen LogP contribution < -0.4 is 4.74 Å². The molecule has 0 spiro atoms. The Morgan fingerprint density at radius 2 is 2.06 bits per heavy atom. The molecule has 1 aromatic rings. The number of esters is 1. The Morgan fingerprint density at radius 1 is 1.41 bits per heavy atom. The van der Waals surface area contributed by atoms with Crippen molar-refractivity contribution in [3.63, 3.8) is 0 Å². The van der Waals surface area contributed by atoms with Crippen molar-refractivity contribution < 1.29 is 9.53 Å². The fraction of sp³-hybridized carbons (Fsp3) is 0.429. The van der Waals surface area contributed by atoms with Gasteiger partial charge in [0.25, 0.3) is 0 Å². The van der Waals surface area contributed by atoms with Crippen LogP contribution in [-0.2, 0) is 10.2 Å². The molecule has 3 nitrogen and oxygen atoms in total. The van der Waals surface area contributed by atoms with Gasteiger partial charge in [-0.05, 0) is 17.9 Å². The van der Waals surface area contributed by atoms with Crippen LogP contribution in [-0.4, -0.2) is 5.97 Å². The van der Waals surface area contributed by atoms with E-state index in [4.69, 9.17) is 10.00 Å². The molecule has 0 heterocycles. The van der Waals surface area contributed by atoms with E-state index in [1.807, 2.05) is 25.1 Å². The second-order valence-electron chi connectivity index (χ2n) is 5.01. The zero-order chi connectivity index (χ0) is 13.1. The molecule has 0 atom stereocenters. The van der Waals surface area contributed by atoms with E-state index in [1.54, 1.807) is 6.07 Å². The quantitative estimate of drug-likeness (QED) is 0.580. The van der Waals surface area contributed by atoms with Gasteiger partial charge in [-0.2, -0.15) is 5.26 Å². The first-order chi connectivity index (χ1) is 7.86. The van der Waals surface area contributed by atoms with E-state index in [0.717, 1.165) is 11.1 Å². The first-order valence-electron chi connectivity index (χ1n) is 5.54. The lowest BCUT2D eigenvalue weighted by atomic mass is 9.85. The number of carbonyl (C=O) groups is 1. The highest BCUT2D eigenvalue weighted by Crippen LogP contribution is 2.33. The van der Waals surface area contributed by atoms with Crippen LogP contribution in [0.4, 0.5) is 0 Å². The summed E-state index contributed by atoms with van der Waals surface area (Å²) < 4.78 is 5.28. The van der Waals surface area contributed by atoms with E-state index in [0.29, 0.717) is 5.75 Å². The van der Waals surface area contributed by atoms with Crippen LogP contribution in [0.5, 0.6) is 5.75 Å². The average molecular weight is 231 g/mol. The maximum Gasteiger partial charge on any atom is 0.325 e. The van der Waals surface area contributed by atoms with Gasteiger partial charge in [-0.15, -0.1) is 0 Å². The molecule has 0 aliphatic heterocycles. The first kappa shape index (κ1) is 13.2. The summed E-state index contributed by atoms with van der Waals surface area (Å²) in [4.78, 5) is 11.4. The maximum absolute atomic E-state index is 11.4. The summed E-state index contributed by atoms with van der Waals surface area (Å²) in [7, 11) is 0. The largest absolute Gasteiger partial charge is 0.425 e. The number of rotatable bonds is 2. The van der Waals surface area contributed by atoms with E-state index < -0.39 is 5.97 Å². The number of carbonyl (C=O) groups excluding carboxylic acids is 1. The van der Waals surface area contributed by atoms with Gasteiger partial charge in [0.2, 0.25) is 0 Å². The topological polar surface area (TPSA) is 50.1 Å². The Morgan fingerprint density at radius 3 is 2.59 bits per heavy atom. The van der Waals surface area contributed by atoms with Gasteiger partial charge < -0.3 is 4.74 Å². The molecule has 17 heavy (non-hydrogen) atoms. The summed E-state index contributed by atoms with van der Waals surface area (Å²) in [6.45, 7) is 8.07. The molecule has 1 rings (SSSR count). The molecule has 0 saturated carbocycles. The Labute approximate surface area is 102 Å². The third kappa shape index (κ3) is 3.32. The monoisotopic (exact) mass is 231 g/mol. The fourth-order valence-electron chi connectivity index (χ4n) is 1.59. The number of ether oxygens (including phenoxy) is 1. The Hall–Kier alpha value is -1.82. The first-order valence-corrected chi connectivity index (χ1v) is 5.54. The number of para-hydroxylation sites is 1. The van der Waals surface area contributed by atoms with E-state index in [-0.39, 0.29) is 11.8 Å². The highest BCUT2D eigenvalue weighted by Gasteiger charge is 2.21. The van der Waals surface area contributed by atoms with Crippen LogP contribution in [0.15, 0.2) is 18.2 Å². The minimum Gasteiger partial charge on any atom is -0.425 e. The van der Waals surface area contributed by atoms with Crippen LogP contribution in [0.2, 0.25) is 0 Å². The molecule has 3 heteroatoms. The summed E-state index contributed by atoms with van der Waals surface area (Å²) in [5, 5.41) is 8.46. The Kier molecular flexibility index (Phi) is 3.90. The third-order valence-electron chi connectivity index (χ3n) is 2.46. The molecule has 0 aliphatic carbocycles. The van der Waals surface area contributed by atoms with E-state index in [2.05, 4.69) is 20.8 Å². The van der Waals surface area contributed by atoms with Crippen LogP contribution in [0, 0.1) is 18.3 Å². The van der Waals surface area contributed by atoms with Crippen molar-refractivity contribution in [1.29, 1.82) is 5.26 Å². The smallest absolute Gasteiger partial charge is 0.325 e. The lowest BCUT2D eigenvalue weighted by molar-refractivity contribution is -0.133. The number of hydrogen-bond donors (Lipinski definition) is 0. The van der Waals surface area contributed by atoms with Crippen molar-refractivity contribution in [2.75, 3.05) is 0 Å². The molecular weight excluding hydrogens is 214 g/mol. The third-order valence-corrected chi connectivity index (χ3v) is 2.46. The molecule has 0 unspecified atom stereocenters. The van der Waals surface area contributed by atoms with E-state index >= 15 is 0 Å². The highest BCUT2D eigenvalue weighted by atomic mass is 16.5. The second-order valence-corrected chi connectivity index (χ2v) is 5.01. The van der Waals surface area contributed by atoms with Gasteiger partial charge in [-0.1, -0.05) is 39.0 Å². The molecule has 1 aromatic carbocycles. The molecule has 0 radical (unpaired) electrons. The lowest BCUT2D eigenvalue weighted by Gasteiger charge is -2.23. The molecule has 0 N–H and O–H groups in total. The molecule has 90 valence electrons. The highest BCUT2D eigenvalue weighted by molar-refractivity contribution is 5.75. The van der Waals surface area contributed by atoms with Gasteiger partial charge in [0, 0.05) is 5.56 Å². The summed E-state index contributed by atoms with van der Waals surface area (Å²) in [5.74, 6) is 0.0764. The van der Waals surface area contributed by atoms with Gasteiger partial charge in [-0.25, -0.2) is 0 Å². The van der Waals surface area contributed by atoms with E-state index in [9.17, 15) is 4.79 Å². The molecule has 0 aliphatic rings. The summed E-state index contributed by atoms with van der Waals surface area (Å²) in [6, 6.07) is 7.57. The second kappa shape index (κ2) is 5.01. The van der Waals surface area contributed by atoms with Gasteiger partial charge in [-0.3, -0.25) is 4.79 Å². The van der Waals surface area contributed by atoms with Gasteiger partial charge >= 0.3 is 5.97 Å². The number of nitriles is 1. The predicted octanol–water partition coefficient (Wildman–Crippen LogP) is 3.11. The van der Waals surface area contributed by atoms with Crippen molar-refractivity contribution in [1.82, 2.24) is 0 Å². The number of benzene rings is 1. The minimum absolute atomic E-state index is 0.103. The van der Waals surface area contributed by atoms with Crippen molar-refractivity contribution in [3.05, 3.63) is 29.3 Å². The van der Waals surface area contributed by atoms with Crippen molar-refractivity contribution in [2.45, 2.75) is 39.5 Å². The molecule has 0 saturated heterocycles. The minimum atomic E-state index is -0.507. The SMILES string of the molecule is Cc1cccc(C(C)(C)C)c1OC(=O)CC#N. The molecule has 0 fully saturated rings. The molecule has 0 aromatic heterocycles. The zero-order valence-corrected chi connectivity index (χ0v) is 10.7. The summed E-state index contributed by atoms with van der Waals surface area (Å²) in [6.07, 6.45) is -0.224. The number of aryl methyl sites for hydroxylation is 1. The zero-order valence-electron chi connectivity index (χ0n) is 10.7. The normalized spacial score (nSPS) is 10.8. The van der Waals surface area contributed by atoms with Crippen LogP contribution in [0.25, 0.3) is 0 Å². The van der Waals surface area contributed by atoms with Crippen LogP contribution in [0.3, 0.4) is 0 Å². The molecule has 0 amide bonds. The van der Waals surface area contributed by atoms with Crippen LogP contribution in [0.1, 0.15) is 38.3 Å². The Bertz CT molecular complexity index is 464. The van der Waals surface area contributed by atoms with Gasteiger partial charge in [0.1, 0.15) is 12.2 Å². The molecular formula is C14H17NO2. The molecule has 0 bridgehead atoms. The van der Waals surface area contributed by atoms with Crippen molar-refractivity contribution >= 4 is 5.97 Å². The number of hydrogen-bond acceptors (Lipinski definition) is 3. The number of nitrogens with zero attached hydrogens (tertiary/aromatic N) is 1. The van der Waals surface area contributed by atoms with Crippen LogP contribution >= 0.6 is 0 Å². The van der Waals surface area contributed by atoms with E-state index in [1.165, 1.54) is 0 Å². The summed E-state index contributed by atoms with van der Waals surface area (Å²) >= 11 is 0. The van der Waals surface area contributed by atoms with Gasteiger partial charge in [0.05, 0.1) is 6.07 Å². The predicted molar refractivity (Wildman–Crippen MR) is 65.7 cm³/mol. The standard InChI is InChI=1S/C14H17NO2/c1-10-6-5-7-11(14(2,3)4)13(10)17-12(16)8-9-15/h5-7H,8H2,1-4H3. The van der Waals surface area contributed by atoms with Crippen molar-refractivity contribution in [3.8, 4) is 11.8 Å². The Balaban J connectivity index is 3.14. The summed E-state index contributed by atoms with van der Waals surface area (Å²) in [5.41, 5.74) is 1.78. The lowest BCUT2D eigenvalue weighted by Crippen LogP contribution is -2.16. The van der Waals surface area contributed by atoms with Gasteiger partial charge in [0.15, 0.2) is 0 Å². The fourth-order valence-corrected chi connectivity index (χ4v) is 1.59. The van der Waals surface area contributed by atoms with Crippen molar-refractivity contribution in [2.24, 2.45) is 0 Å². The average Bonchev–Trinajstić information content (AvgIpc) is 2.19.